The van der Waals surface area contributed by atoms with E-state index in [0.29, 0.717) is 36.7 Å². The molecule has 1 aromatic carbocycles. The monoisotopic (exact) mass is 736 g/mol. The van der Waals surface area contributed by atoms with Crippen LogP contribution in [-0.2, 0) is 19.6 Å². The molecule has 272 valence electrons. The first-order valence-electron chi connectivity index (χ1n) is 17.6. The summed E-state index contributed by atoms with van der Waals surface area (Å²) >= 11 is 1.50. The van der Waals surface area contributed by atoms with Crippen LogP contribution in [0.4, 0.5) is 4.79 Å². The van der Waals surface area contributed by atoms with Crippen molar-refractivity contribution < 1.29 is 32.3 Å². The summed E-state index contributed by atoms with van der Waals surface area (Å²) in [4.78, 5) is 54.5. The Balaban J connectivity index is 1.19. The van der Waals surface area contributed by atoms with Gasteiger partial charge < -0.3 is 24.6 Å². The number of urea groups is 1. The number of methoxy groups -OCH3 is 1. The van der Waals surface area contributed by atoms with Crippen LogP contribution in [0.1, 0.15) is 70.4 Å². The van der Waals surface area contributed by atoms with Crippen molar-refractivity contribution in [2.45, 2.75) is 87.6 Å². The van der Waals surface area contributed by atoms with Crippen LogP contribution in [0.3, 0.4) is 0 Å². The summed E-state index contributed by atoms with van der Waals surface area (Å²) in [5.41, 5.74) is 0.177. The van der Waals surface area contributed by atoms with E-state index in [1.54, 1.807) is 19.1 Å². The molecule has 7 rings (SSSR count). The molecule has 0 unspecified atom stereocenters. The van der Waals surface area contributed by atoms with Gasteiger partial charge in [0.05, 0.1) is 24.6 Å². The maximum Gasteiger partial charge on any atom is 0.320 e. The summed E-state index contributed by atoms with van der Waals surface area (Å²) in [6.07, 6.45) is 6.99. The Morgan fingerprint density at radius 2 is 1.96 bits per heavy atom. The summed E-state index contributed by atoms with van der Waals surface area (Å²) in [7, 11) is -0.517. The van der Waals surface area contributed by atoms with Crippen molar-refractivity contribution in [3.63, 3.8) is 0 Å². The molecule has 2 saturated carbocycles. The number of thiazole rings is 1. The number of benzene rings is 1. The molecule has 4 aliphatic rings. The van der Waals surface area contributed by atoms with Crippen LogP contribution in [0.15, 0.2) is 41.8 Å². The fourth-order valence-corrected chi connectivity index (χ4v) is 9.16. The van der Waals surface area contributed by atoms with Crippen molar-refractivity contribution in [1.29, 1.82) is 0 Å². The number of rotatable bonds is 8. The number of ether oxygens (including phenoxy) is 2. The van der Waals surface area contributed by atoms with Crippen molar-refractivity contribution in [2.24, 2.45) is 5.92 Å². The van der Waals surface area contributed by atoms with Crippen LogP contribution < -0.4 is 19.5 Å². The Kier molecular flexibility index (Phi) is 9.46. The van der Waals surface area contributed by atoms with Crippen molar-refractivity contribution in [3.8, 4) is 22.3 Å². The van der Waals surface area contributed by atoms with Crippen molar-refractivity contribution in [1.82, 2.24) is 29.8 Å². The van der Waals surface area contributed by atoms with E-state index in [4.69, 9.17) is 19.4 Å². The van der Waals surface area contributed by atoms with Gasteiger partial charge in [0.15, 0.2) is 0 Å². The number of amides is 4. The SMILES string of the molecule is COc1ccc2c(O[C@@H]3C[C@H]4C(=O)N[C@]5(C(=O)NS(=O)(=O)C6CC6)C[C@H]5C=CCCCCN(C)C(=O)N4C3)nc(-c3nc(C(C)C)cs3)cc2c1. The minimum atomic E-state index is -3.84. The largest absolute Gasteiger partial charge is 0.497 e. The van der Waals surface area contributed by atoms with E-state index in [-0.39, 0.29) is 37.3 Å². The predicted molar refractivity (Wildman–Crippen MR) is 193 cm³/mol. The zero-order valence-electron chi connectivity index (χ0n) is 29.3. The van der Waals surface area contributed by atoms with Gasteiger partial charge in [-0.1, -0.05) is 26.0 Å². The van der Waals surface area contributed by atoms with Gasteiger partial charge >= 0.3 is 6.03 Å². The number of aromatic nitrogens is 2. The standard InChI is InChI=1S/C36H44N6O7S2/c1-21(2)29-20-50-33(38-29)28-16-22-15-24(48-4)10-13-27(22)32(37-28)49-25-17-30-31(43)39-36(34(44)40-51(46,47)26-11-12-26)18-23(36)9-7-5-6-8-14-41(3)35(45)42(30)19-25/h7,9-10,13,15-16,20-21,23,25-26,30H,5-6,8,11-12,14,17-19H2,1-4H3,(H,39,43)(H,40,44)/t23-,25-,30+,36-/m1/s1. The minimum Gasteiger partial charge on any atom is -0.497 e. The molecule has 2 N–H and O–H groups in total. The summed E-state index contributed by atoms with van der Waals surface area (Å²) in [6, 6.07) is 6.26. The Hall–Kier alpha value is -4.24. The summed E-state index contributed by atoms with van der Waals surface area (Å²) in [6.45, 7) is 4.79. The van der Waals surface area contributed by atoms with Crippen molar-refractivity contribution in [3.05, 3.63) is 47.5 Å². The second kappa shape index (κ2) is 13.7. The lowest BCUT2D eigenvalue weighted by Gasteiger charge is -2.30. The molecule has 51 heavy (non-hydrogen) atoms. The van der Waals surface area contributed by atoms with Gasteiger partial charge in [-0.25, -0.2) is 23.2 Å². The lowest BCUT2D eigenvalue weighted by Crippen LogP contribution is -2.57. The van der Waals surface area contributed by atoms with Crippen molar-refractivity contribution >= 4 is 50.0 Å². The number of hydrogen-bond acceptors (Lipinski definition) is 10. The molecule has 4 amide bonds. The average Bonchev–Trinajstić information content (AvgIpc) is 3.98. The molecule has 3 aromatic rings. The lowest BCUT2D eigenvalue weighted by atomic mass is 10.1. The topological polar surface area (TPSA) is 160 Å². The number of carbonyl (C=O) groups is 3. The molecule has 15 heteroatoms. The summed E-state index contributed by atoms with van der Waals surface area (Å²) < 4.78 is 39.8. The molecule has 4 heterocycles. The molecule has 2 aliphatic carbocycles. The number of sulfonamides is 1. The predicted octanol–water partition coefficient (Wildman–Crippen LogP) is 4.59. The Morgan fingerprint density at radius 1 is 1.16 bits per heavy atom. The van der Waals surface area contributed by atoms with Crippen LogP contribution in [0, 0.1) is 5.92 Å². The number of carbonyl (C=O) groups excluding carboxylic acids is 3. The highest BCUT2D eigenvalue weighted by atomic mass is 32.2. The first-order valence-corrected chi connectivity index (χ1v) is 20.0. The van der Waals surface area contributed by atoms with Crippen LogP contribution in [0.5, 0.6) is 11.6 Å². The van der Waals surface area contributed by atoms with Crippen LogP contribution in [0.25, 0.3) is 21.5 Å². The molecule has 13 nitrogen and oxygen atoms in total. The molecule has 4 atom stereocenters. The first kappa shape index (κ1) is 35.2. The number of nitrogens with one attached hydrogen (secondary N) is 2. The van der Waals surface area contributed by atoms with E-state index in [9.17, 15) is 22.8 Å². The van der Waals surface area contributed by atoms with Gasteiger partial charge in [0.1, 0.15) is 34.1 Å². The number of hydrogen-bond donors (Lipinski definition) is 2. The Bertz CT molecular complexity index is 1990. The summed E-state index contributed by atoms with van der Waals surface area (Å²) in [5, 5.41) is 6.66. The fraction of sp³-hybridized carbons (Fsp3) is 0.528. The third-order valence-corrected chi connectivity index (χ3v) is 12.9. The molecular formula is C36H44N6O7S2. The van der Waals surface area contributed by atoms with E-state index in [1.807, 2.05) is 41.8 Å². The normalized spacial score (nSPS) is 25.6. The minimum absolute atomic E-state index is 0.109. The highest BCUT2D eigenvalue weighted by molar-refractivity contribution is 7.91. The van der Waals surface area contributed by atoms with E-state index in [2.05, 4.69) is 23.9 Å². The number of pyridine rings is 1. The molecule has 0 bridgehead atoms. The zero-order valence-corrected chi connectivity index (χ0v) is 30.9. The molecule has 1 saturated heterocycles. The van der Waals surface area contributed by atoms with E-state index in [1.165, 1.54) is 16.2 Å². The van der Waals surface area contributed by atoms with E-state index < -0.39 is 44.8 Å². The van der Waals surface area contributed by atoms with E-state index >= 15 is 0 Å². The molecule has 2 aromatic heterocycles. The van der Waals surface area contributed by atoms with Gasteiger partial charge in [-0.3, -0.25) is 14.3 Å². The van der Waals surface area contributed by atoms with Crippen LogP contribution in [0.2, 0.25) is 0 Å². The molecule has 2 aliphatic heterocycles. The smallest absolute Gasteiger partial charge is 0.320 e. The highest BCUT2D eigenvalue weighted by Gasteiger charge is 2.62. The second-order valence-corrected chi connectivity index (χ2v) is 17.2. The first-order chi connectivity index (χ1) is 24.4. The number of allylic oxidation sites excluding steroid dienone is 1. The fourth-order valence-electron chi connectivity index (χ4n) is 6.85. The quantitative estimate of drug-likeness (QED) is 0.316. The van der Waals surface area contributed by atoms with Crippen LogP contribution >= 0.6 is 11.3 Å². The average molecular weight is 737 g/mol. The molecule has 0 spiro atoms. The summed E-state index contributed by atoms with van der Waals surface area (Å²) in [5.74, 6) is -0.368. The third-order valence-electron chi connectivity index (χ3n) is 10.2. The number of nitrogens with zero attached hydrogens (tertiary/aromatic N) is 4. The third kappa shape index (κ3) is 7.14. The number of fused-ring (bicyclic) bond motifs is 3. The Morgan fingerprint density at radius 3 is 2.69 bits per heavy atom. The van der Waals surface area contributed by atoms with Gasteiger partial charge in [0.2, 0.25) is 21.8 Å². The highest BCUT2D eigenvalue weighted by Crippen LogP contribution is 2.46. The molecule has 3 fully saturated rings. The Labute approximate surface area is 301 Å². The van der Waals surface area contributed by atoms with Gasteiger partial charge in [0, 0.05) is 36.7 Å². The second-order valence-electron chi connectivity index (χ2n) is 14.4. The maximum absolute atomic E-state index is 14.2. The van der Waals surface area contributed by atoms with Gasteiger partial charge in [-0.05, 0) is 74.1 Å². The zero-order chi connectivity index (χ0) is 36.1. The van der Waals surface area contributed by atoms with E-state index in [0.717, 1.165) is 40.7 Å². The molecular weight excluding hydrogens is 693 g/mol. The maximum atomic E-state index is 14.2. The van der Waals surface area contributed by atoms with Gasteiger partial charge in [-0.15, -0.1) is 11.3 Å². The van der Waals surface area contributed by atoms with Gasteiger partial charge in [0.25, 0.3) is 5.91 Å². The van der Waals surface area contributed by atoms with Crippen LogP contribution in [-0.4, -0.2) is 96.2 Å². The van der Waals surface area contributed by atoms with Gasteiger partial charge in [-0.2, -0.15) is 0 Å². The molecule has 0 radical (unpaired) electrons. The lowest BCUT2D eigenvalue weighted by molar-refractivity contribution is -0.131. The van der Waals surface area contributed by atoms with Crippen molar-refractivity contribution in [2.75, 3.05) is 27.2 Å².